The second-order valence-electron chi connectivity index (χ2n) is 5.51. The van der Waals surface area contributed by atoms with Crippen molar-refractivity contribution in [2.75, 3.05) is 7.05 Å². The number of carbonyl (C=O) groups excluding carboxylic acids is 1. The molecule has 0 saturated heterocycles. The van der Waals surface area contributed by atoms with Crippen LogP contribution in [0.25, 0.3) is 0 Å². The Labute approximate surface area is 143 Å². The first-order valence-electron chi connectivity index (χ1n) is 7.45. The third kappa shape index (κ3) is 3.97. The SMILES string of the molecule is CCn1cc(CN(C)C(=O)c2cc([N+](=O)[O-])cc([N+](=O)[O-])c2)c(C)n1. The number of amides is 1. The molecule has 0 N–H and O–H groups in total. The zero-order chi connectivity index (χ0) is 18.7. The molecule has 1 amide bonds. The predicted molar refractivity (Wildman–Crippen MR) is 88.2 cm³/mol. The molecule has 132 valence electrons. The summed E-state index contributed by atoms with van der Waals surface area (Å²) >= 11 is 0. The molecular formula is C15H17N5O5. The van der Waals surface area contributed by atoms with E-state index in [9.17, 15) is 25.0 Å². The summed E-state index contributed by atoms with van der Waals surface area (Å²) in [6.07, 6.45) is 1.81. The van der Waals surface area contributed by atoms with Crippen LogP contribution in [0.5, 0.6) is 0 Å². The van der Waals surface area contributed by atoms with Crippen LogP contribution < -0.4 is 0 Å². The molecule has 1 aromatic carbocycles. The fraction of sp³-hybridized carbons (Fsp3) is 0.333. The number of nitrogens with zero attached hydrogens (tertiary/aromatic N) is 5. The highest BCUT2D eigenvalue weighted by atomic mass is 16.6. The van der Waals surface area contributed by atoms with Gasteiger partial charge in [0.1, 0.15) is 0 Å². The second kappa shape index (κ2) is 7.07. The van der Waals surface area contributed by atoms with Crippen molar-refractivity contribution < 1.29 is 14.6 Å². The Bertz CT molecular complexity index is 813. The van der Waals surface area contributed by atoms with Gasteiger partial charge in [-0.05, 0) is 13.8 Å². The van der Waals surface area contributed by atoms with Crippen molar-refractivity contribution in [1.29, 1.82) is 0 Å². The maximum atomic E-state index is 12.5. The Hall–Kier alpha value is -3.30. The van der Waals surface area contributed by atoms with Crippen LogP contribution in [0.1, 0.15) is 28.5 Å². The average Bonchev–Trinajstić information content (AvgIpc) is 2.93. The molecule has 25 heavy (non-hydrogen) atoms. The second-order valence-corrected chi connectivity index (χ2v) is 5.51. The smallest absolute Gasteiger partial charge is 0.277 e. The van der Waals surface area contributed by atoms with Gasteiger partial charge in [-0.25, -0.2) is 0 Å². The van der Waals surface area contributed by atoms with E-state index in [1.54, 1.807) is 4.68 Å². The lowest BCUT2D eigenvalue weighted by Crippen LogP contribution is -2.26. The average molecular weight is 347 g/mol. The number of benzene rings is 1. The molecule has 0 aliphatic heterocycles. The standard InChI is InChI=1S/C15H17N5O5/c1-4-18-9-12(10(2)16-18)8-17(3)15(21)11-5-13(19(22)23)7-14(6-11)20(24)25/h5-7,9H,4,8H2,1-3H3. The lowest BCUT2D eigenvalue weighted by Gasteiger charge is -2.16. The van der Waals surface area contributed by atoms with Crippen molar-refractivity contribution in [1.82, 2.24) is 14.7 Å². The van der Waals surface area contributed by atoms with Crippen LogP contribution in [0.4, 0.5) is 11.4 Å². The van der Waals surface area contributed by atoms with E-state index in [0.717, 1.165) is 29.5 Å². The molecule has 0 spiro atoms. The highest BCUT2D eigenvalue weighted by Crippen LogP contribution is 2.24. The van der Waals surface area contributed by atoms with Gasteiger partial charge in [-0.15, -0.1) is 0 Å². The Balaban J connectivity index is 2.30. The first kappa shape index (κ1) is 18.0. The van der Waals surface area contributed by atoms with Crippen molar-refractivity contribution in [2.24, 2.45) is 0 Å². The number of nitro benzene ring substituents is 2. The number of hydrogen-bond donors (Lipinski definition) is 0. The molecule has 0 unspecified atom stereocenters. The van der Waals surface area contributed by atoms with Crippen molar-refractivity contribution in [2.45, 2.75) is 26.9 Å². The van der Waals surface area contributed by atoms with E-state index in [2.05, 4.69) is 5.10 Å². The minimum absolute atomic E-state index is 0.107. The lowest BCUT2D eigenvalue weighted by molar-refractivity contribution is -0.394. The molecule has 1 heterocycles. The fourth-order valence-electron chi connectivity index (χ4n) is 2.35. The first-order valence-corrected chi connectivity index (χ1v) is 7.45. The number of aryl methyl sites for hydroxylation is 2. The Morgan fingerprint density at radius 3 is 2.20 bits per heavy atom. The summed E-state index contributed by atoms with van der Waals surface area (Å²) in [5.41, 5.74) is 0.495. The summed E-state index contributed by atoms with van der Waals surface area (Å²) < 4.78 is 1.74. The van der Waals surface area contributed by atoms with E-state index < -0.39 is 27.1 Å². The quantitative estimate of drug-likeness (QED) is 0.583. The van der Waals surface area contributed by atoms with Gasteiger partial charge < -0.3 is 4.90 Å². The molecule has 0 atom stereocenters. The van der Waals surface area contributed by atoms with Gasteiger partial charge in [0.25, 0.3) is 17.3 Å². The van der Waals surface area contributed by atoms with Crippen LogP contribution in [0.3, 0.4) is 0 Å². The van der Waals surface area contributed by atoms with Gasteiger partial charge in [-0.2, -0.15) is 5.10 Å². The zero-order valence-corrected chi connectivity index (χ0v) is 14.0. The summed E-state index contributed by atoms with van der Waals surface area (Å²) in [5, 5.41) is 26.2. The summed E-state index contributed by atoms with van der Waals surface area (Å²) in [7, 11) is 1.52. The number of aromatic nitrogens is 2. The van der Waals surface area contributed by atoms with Crippen LogP contribution in [0.2, 0.25) is 0 Å². The van der Waals surface area contributed by atoms with Gasteiger partial charge in [-0.1, -0.05) is 0 Å². The monoisotopic (exact) mass is 347 g/mol. The Kier molecular flexibility index (Phi) is 5.11. The maximum absolute atomic E-state index is 12.5. The Morgan fingerprint density at radius 2 is 1.76 bits per heavy atom. The van der Waals surface area contributed by atoms with E-state index in [1.165, 1.54) is 11.9 Å². The molecule has 0 fully saturated rings. The molecule has 2 aromatic rings. The van der Waals surface area contributed by atoms with Crippen molar-refractivity contribution in [3.8, 4) is 0 Å². The predicted octanol–water partition coefficient (Wildman–Crippen LogP) is 2.30. The van der Waals surface area contributed by atoms with E-state index >= 15 is 0 Å². The summed E-state index contributed by atoms with van der Waals surface area (Å²) in [4.78, 5) is 34.2. The van der Waals surface area contributed by atoms with Gasteiger partial charge in [0.05, 0.1) is 27.2 Å². The van der Waals surface area contributed by atoms with Crippen LogP contribution in [-0.2, 0) is 13.1 Å². The normalized spacial score (nSPS) is 10.5. The minimum atomic E-state index is -0.765. The molecular weight excluding hydrogens is 330 g/mol. The maximum Gasteiger partial charge on any atom is 0.277 e. The number of nitro groups is 2. The molecule has 10 heteroatoms. The molecule has 2 rings (SSSR count). The number of hydrogen-bond acceptors (Lipinski definition) is 6. The van der Waals surface area contributed by atoms with Crippen molar-refractivity contribution in [3.05, 3.63) is 61.4 Å². The van der Waals surface area contributed by atoms with Gasteiger partial charge in [0.15, 0.2) is 0 Å². The number of non-ortho nitro benzene ring substituents is 2. The molecule has 1 aromatic heterocycles. The van der Waals surface area contributed by atoms with Crippen LogP contribution >= 0.6 is 0 Å². The minimum Gasteiger partial charge on any atom is -0.337 e. The van der Waals surface area contributed by atoms with Gasteiger partial charge in [0.2, 0.25) is 0 Å². The van der Waals surface area contributed by atoms with Crippen LogP contribution in [0, 0.1) is 27.2 Å². The molecule has 0 aliphatic carbocycles. The fourth-order valence-corrected chi connectivity index (χ4v) is 2.35. The largest absolute Gasteiger partial charge is 0.337 e. The van der Waals surface area contributed by atoms with E-state index in [-0.39, 0.29) is 12.1 Å². The van der Waals surface area contributed by atoms with E-state index in [4.69, 9.17) is 0 Å². The molecule has 10 nitrogen and oxygen atoms in total. The Morgan fingerprint density at radius 1 is 1.20 bits per heavy atom. The highest BCUT2D eigenvalue weighted by molar-refractivity contribution is 5.95. The topological polar surface area (TPSA) is 124 Å². The van der Waals surface area contributed by atoms with Gasteiger partial charge >= 0.3 is 0 Å². The summed E-state index contributed by atoms with van der Waals surface area (Å²) in [6, 6.07) is 2.90. The van der Waals surface area contributed by atoms with Crippen molar-refractivity contribution in [3.63, 3.8) is 0 Å². The number of carbonyl (C=O) groups is 1. The zero-order valence-electron chi connectivity index (χ0n) is 14.0. The summed E-state index contributed by atoms with van der Waals surface area (Å²) in [5.74, 6) is -0.546. The highest BCUT2D eigenvalue weighted by Gasteiger charge is 2.22. The molecule has 0 radical (unpaired) electrons. The van der Waals surface area contributed by atoms with Crippen molar-refractivity contribution >= 4 is 17.3 Å². The van der Waals surface area contributed by atoms with Gasteiger partial charge in [-0.3, -0.25) is 29.7 Å². The third-order valence-corrected chi connectivity index (χ3v) is 3.70. The molecule has 0 bridgehead atoms. The first-order chi connectivity index (χ1) is 11.7. The van der Waals surface area contributed by atoms with E-state index in [0.29, 0.717) is 6.54 Å². The van der Waals surface area contributed by atoms with Crippen LogP contribution in [-0.4, -0.2) is 37.5 Å². The van der Waals surface area contributed by atoms with E-state index in [1.807, 2.05) is 20.0 Å². The number of rotatable bonds is 6. The summed E-state index contributed by atoms with van der Waals surface area (Å²) in [6.45, 7) is 4.68. The molecule has 0 aliphatic rings. The van der Waals surface area contributed by atoms with Gasteiger partial charge in [0, 0.05) is 44.0 Å². The van der Waals surface area contributed by atoms with Crippen LogP contribution in [0.15, 0.2) is 24.4 Å². The third-order valence-electron chi connectivity index (χ3n) is 3.70. The molecule has 0 saturated carbocycles. The lowest BCUT2D eigenvalue weighted by atomic mass is 10.1.